The van der Waals surface area contributed by atoms with Gasteiger partial charge in [0.25, 0.3) is 5.92 Å². The summed E-state index contributed by atoms with van der Waals surface area (Å²) >= 11 is 0. The zero-order chi connectivity index (χ0) is 18.4. The largest absolute Gasteiger partial charge is 0.455 e. The van der Waals surface area contributed by atoms with E-state index in [9.17, 15) is 27.1 Å². The number of aliphatic hydroxyl groups is 1. The Bertz CT molecular complexity index is 874. The first-order chi connectivity index (χ1) is 11.6. The van der Waals surface area contributed by atoms with Gasteiger partial charge in [0.15, 0.2) is 0 Å². The maximum absolute atomic E-state index is 13.8. The molecule has 0 saturated carbocycles. The van der Waals surface area contributed by atoms with Crippen LogP contribution in [0.4, 0.5) is 22.0 Å². The van der Waals surface area contributed by atoms with Gasteiger partial charge in [-0.1, -0.05) is 0 Å². The van der Waals surface area contributed by atoms with Gasteiger partial charge >= 0.3 is 6.18 Å². The molecule has 4 nitrogen and oxygen atoms in total. The van der Waals surface area contributed by atoms with E-state index in [4.69, 9.17) is 10.00 Å². The quantitative estimate of drug-likeness (QED) is 0.827. The van der Waals surface area contributed by atoms with Crippen LogP contribution in [0, 0.1) is 11.3 Å². The number of halogens is 5. The molecule has 1 unspecified atom stereocenters. The lowest BCUT2D eigenvalue weighted by atomic mass is 10.0. The summed E-state index contributed by atoms with van der Waals surface area (Å²) in [4.78, 5) is 3.72. The fourth-order valence-corrected chi connectivity index (χ4v) is 2.69. The van der Waals surface area contributed by atoms with Gasteiger partial charge in [-0.15, -0.1) is 0 Å². The highest BCUT2D eigenvalue weighted by atomic mass is 19.4. The zero-order valence-electron chi connectivity index (χ0n) is 12.3. The molecular formula is C16H9F5N2O2. The predicted octanol–water partition coefficient (Wildman–Crippen LogP) is 3.99. The number of fused-ring (bicyclic) bond motifs is 1. The number of alkyl halides is 5. The van der Waals surface area contributed by atoms with Crippen LogP contribution >= 0.6 is 0 Å². The van der Waals surface area contributed by atoms with Gasteiger partial charge in [0.05, 0.1) is 17.3 Å². The lowest BCUT2D eigenvalue weighted by molar-refractivity contribution is -0.142. The normalized spacial score (nSPS) is 18.5. The van der Waals surface area contributed by atoms with E-state index in [0.29, 0.717) is 6.07 Å². The standard InChI is InChI=1S/C16H9F5N2O2/c17-15(18)4-10-12(25-9-3-8(5-22)6-23-7-9)2-1-11(16(19,20)21)13(10)14(15)24/h1-3,6-7,14,24H,4H2. The minimum absolute atomic E-state index is 0.00529. The van der Waals surface area contributed by atoms with Gasteiger partial charge in [0.2, 0.25) is 0 Å². The van der Waals surface area contributed by atoms with Crippen molar-refractivity contribution in [3.05, 3.63) is 52.8 Å². The molecule has 0 radical (unpaired) electrons. The topological polar surface area (TPSA) is 66.1 Å². The van der Waals surface area contributed by atoms with E-state index < -0.39 is 41.3 Å². The van der Waals surface area contributed by atoms with Gasteiger partial charge in [0.1, 0.15) is 23.7 Å². The molecule has 1 heterocycles. The second-order valence-electron chi connectivity index (χ2n) is 5.46. The molecule has 0 bridgehead atoms. The molecule has 0 amide bonds. The molecule has 1 N–H and O–H groups in total. The third-order valence-corrected chi connectivity index (χ3v) is 3.78. The molecule has 1 aromatic carbocycles. The van der Waals surface area contributed by atoms with Gasteiger partial charge in [-0.05, 0) is 12.1 Å². The fraction of sp³-hybridized carbons (Fsp3) is 0.250. The second-order valence-corrected chi connectivity index (χ2v) is 5.46. The third kappa shape index (κ3) is 3.00. The van der Waals surface area contributed by atoms with Crippen molar-refractivity contribution in [2.24, 2.45) is 0 Å². The Morgan fingerprint density at radius 3 is 2.64 bits per heavy atom. The molecule has 1 aliphatic rings. The van der Waals surface area contributed by atoms with Crippen LogP contribution in [-0.4, -0.2) is 16.0 Å². The Hall–Kier alpha value is -2.73. The van der Waals surface area contributed by atoms with Crippen LogP contribution < -0.4 is 4.74 Å². The van der Waals surface area contributed by atoms with Crippen molar-refractivity contribution in [3.63, 3.8) is 0 Å². The highest BCUT2D eigenvalue weighted by molar-refractivity contribution is 5.53. The van der Waals surface area contributed by atoms with E-state index in [2.05, 4.69) is 4.98 Å². The average molecular weight is 356 g/mol. The summed E-state index contributed by atoms with van der Waals surface area (Å²) in [6, 6.07) is 4.56. The van der Waals surface area contributed by atoms with Gasteiger partial charge in [-0.3, -0.25) is 4.98 Å². The maximum Gasteiger partial charge on any atom is 0.416 e. The first kappa shape index (κ1) is 17.1. The molecule has 3 rings (SSSR count). The molecule has 0 spiro atoms. The molecule has 1 aromatic heterocycles. The van der Waals surface area contributed by atoms with Crippen LogP contribution in [0.3, 0.4) is 0 Å². The molecule has 130 valence electrons. The molecule has 0 saturated heterocycles. The van der Waals surface area contributed by atoms with Crippen molar-refractivity contribution in [1.29, 1.82) is 5.26 Å². The fourth-order valence-electron chi connectivity index (χ4n) is 2.69. The van der Waals surface area contributed by atoms with Crippen LogP contribution in [0.5, 0.6) is 11.5 Å². The molecule has 9 heteroatoms. The van der Waals surface area contributed by atoms with Gasteiger partial charge in [-0.2, -0.15) is 18.4 Å². The molecule has 2 aromatic rings. The summed E-state index contributed by atoms with van der Waals surface area (Å²) in [6.45, 7) is 0. The molecule has 25 heavy (non-hydrogen) atoms. The number of hydrogen-bond acceptors (Lipinski definition) is 4. The Morgan fingerprint density at radius 1 is 1.28 bits per heavy atom. The van der Waals surface area contributed by atoms with Gasteiger partial charge in [-0.25, -0.2) is 8.78 Å². The van der Waals surface area contributed by atoms with Gasteiger partial charge < -0.3 is 9.84 Å². The summed E-state index contributed by atoms with van der Waals surface area (Å²) < 4.78 is 72.2. The van der Waals surface area contributed by atoms with Crippen molar-refractivity contribution < 1.29 is 31.8 Å². The summed E-state index contributed by atoms with van der Waals surface area (Å²) in [7, 11) is 0. The van der Waals surface area contributed by atoms with Crippen LogP contribution in [0.1, 0.15) is 28.4 Å². The van der Waals surface area contributed by atoms with Crippen LogP contribution in [0.15, 0.2) is 30.6 Å². The number of hydrogen-bond donors (Lipinski definition) is 1. The number of nitrogens with zero attached hydrogens (tertiary/aromatic N) is 2. The van der Waals surface area contributed by atoms with Crippen LogP contribution in [-0.2, 0) is 12.6 Å². The van der Waals surface area contributed by atoms with Crippen molar-refractivity contribution in [1.82, 2.24) is 4.98 Å². The first-order valence-electron chi connectivity index (χ1n) is 6.95. The summed E-state index contributed by atoms with van der Waals surface area (Å²) in [6.07, 6.45) is -6.14. The first-order valence-corrected chi connectivity index (χ1v) is 6.95. The Labute approximate surface area is 138 Å². The van der Waals surface area contributed by atoms with E-state index in [0.717, 1.165) is 6.07 Å². The Balaban J connectivity index is 2.10. The maximum atomic E-state index is 13.8. The summed E-state index contributed by atoms with van der Waals surface area (Å²) in [5.41, 5.74) is -2.51. The summed E-state index contributed by atoms with van der Waals surface area (Å²) in [5.74, 6) is -3.99. The van der Waals surface area contributed by atoms with Crippen molar-refractivity contribution >= 4 is 0 Å². The molecular weight excluding hydrogens is 347 g/mol. The van der Waals surface area contributed by atoms with Crippen LogP contribution in [0.25, 0.3) is 0 Å². The lowest BCUT2D eigenvalue weighted by Gasteiger charge is -2.18. The zero-order valence-corrected chi connectivity index (χ0v) is 12.3. The minimum atomic E-state index is -4.90. The van der Waals surface area contributed by atoms with Crippen molar-refractivity contribution in [3.8, 4) is 17.6 Å². The third-order valence-electron chi connectivity index (χ3n) is 3.78. The average Bonchev–Trinajstić information content (AvgIpc) is 2.78. The smallest absolute Gasteiger partial charge is 0.416 e. The second kappa shape index (κ2) is 5.67. The lowest BCUT2D eigenvalue weighted by Crippen LogP contribution is -2.23. The number of aromatic nitrogens is 1. The molecule has 0 aliphatic heterocycles. The Morgan fingerprint density at radius 2 is 2.00 bits per heavy atom. The number of ether oxygens (including phenoxy) is 1. The van der Waals surface area contributed by atoms with E-state index in [1.54, 1.807) is 6.07 Å². The number of rotatable bonds is 2. The predicted molar refractivity (Wildman–Crippen MR) is 74.1 cm³/mol. The number of nitriles is 1. The number of benzene rings is 1. The van der Waals surface area contributed by atoms with E-state index in [-0.39, 0.29) is 17.1 Å². The highest BCUT2D eigenvalue weighted by Gasteiger charge is 2.52. The Kier molecular flexibility index (Phi) is 3.88. The molecule has 1 atom stereocenters. The van der Waals surface area contributed by atoms with E-state index >= 15 is 0 Å². The monoisotopic (exact) mass is 356 g/mol. The van der Waals surface area contributed by atoms with Crippen molar-refractivity contribution in [2.75, 3.05) is 0 Å². The van der Waals surface area contributed by atoms with E-state index in [1.165, 1.54) is 18.5 Å². The highest BCUT2D eigenvalue weighted by Crippen LogP contribution is 2.51. The van der Waals surface area contributed by atoms with E-state index in [1.807, 2.05) is 0 Å². The minimum Gasteiger partial charge on any atom is -0.455 e. The molecule has 1 aliphatic carbocycles. The molecule has 0 fully saturated rings. The SMILES string of the molecule is N#Cc1cncc(Oc2ccc(C(F)(F)F)c3c2CC(F)(F)C3O)c1. The summed E-state index contributed by atoms with van der Waals surface area (Å²) in [5, 5.41) is 18.5. The number of pyridine rings is 1. The van der Waals surface area contributed by atoms with Crippen LogP contribution in [0.2, 0.25) is 0 Å². The van der Waals surface area contributed by atoms with Gasteiger partial charge in [0, 0.05) is 29.8 Å². The number of aliphatic hydroxyl groups excluding tert-OH is 1. The van der Waals surface area contributed by atoms with Crippen molar-refractivity contribution in [2.45, 2.75) is 24.6 Å².